The molecule has 0 saturated heterocycles. The summed E-state index contributed by atoms with van der Waals surface area (Å²) in [5.41, 5.74) is 0.216. The molecule has 2 aromatic carbocycles. The van der Waals surface area contributed by atoms with Crippen LogP contribution in [-0.2, 0) is 11.3 Å². The van der Waals surface area contributed by atoms with Crippen LogP contribution in [0.25, 0.3) is 0 Å². The number of nitrogens with one attached hydrogen (secondary N) is 1. The van der Waals surface area contributed by atoms with Crippen LogP contribution in [0, 0.1) is 17.6 Å². The summed E-state index contributed by atoms with van der Waals surface area (Å²) in [4.78, 5) is 26.4. The third-order valence-electron chi connectivity index (χ3n) is 4.80. The van der Waals surface area contributed by atoms with E-state index in [-0.39, 0.29) is 18.9 Å². The molecule has 0 bridgehead atoms. The van der Waals surface area contributed by atoms with E-state index in [9.17, 15) is 18.4 Å². The average Bonchev–Trinajstić information content (AvgIpc) is 2.75. The molecule has 0 fully saturated rings. The normalized spacial score (nSPS) is 16.8. The van der Waals surface area contributed by atoms with Crippen LogP contribution in [0.4, 0.5) is 19.3 Å². The molecule has 9 heteroatoms. The van der Waals surface area contributed by atoms with E-state index in [1.165, 1.54) is 16.7 Å². The minimum atomic E-state index is -1.18. The molecule has 30 heavy (non-hydrogen) atoms. The number of carbonyl (C=O) groups excluding carboxylic acids is 1. The molecule has 160 valence electrons. The predicted octanol–water partition coefficient (Wildman–Crippen LogP) is 5.31. The molecule has 0 radical (unpaired) electrons. The Morgan fingerprint density at radius 3 is 2.53 bits per heavy atom. The molecule has 2 amide bonds. The number of carboxylic acid groups (broad SMARTS) is 1. The zero-order chi connectivity index (χ0) is 22.1. The van der Waals surface area contributed by atoms with Crippen LogP contribution in [0.15, 0.2) is 41.3 Å². The van der Waals surface area contributed by atoms with Gasteiger partial charge in [0.2, 0.25) is 5.91 Å². The van der Waals surface area contributed by atoms with Crippen LogP contribution >= 0.6 is 23.4 Å². The summed E-state index contributed by atoms with van der Waals surface area (Å²) in [5, 5.41) is 12.0. The molecule has 5 nitrogen and oxygen atoms in total. The van der Waals surface area contributed by atoms with Gasteiger partial charge >= 0.3 is 6.09 Å². The van der Waals surface area contributed by atoms with E-state index in [4.69, 9.17) is 16.7 Å². The Labute approximate surface area is 182 Å². The molecule has 0 spiro atoms. The highest BCUT2D eigenvalue weighted by Gasteiger charge is 2.36. The Morgan fingerprint density at radius 1 is 1.27 bits per heavy atom. The first-order chi connectivity index (χ1) is 14.1. The highest BCUT2D eigenvalue weighted by molar-refractivity contribution is 7.99. The summed E-state index contributed by atoms with van der Waals surface area (Å²) in [6.45, 7) is 3.54. The van der Waals surface area contributed by atoms with Gasteiger partial charge in [-0.15, -0.1) is 11.8 Å². The summed E-state index contributed by atoms with van der Waals surface area (Å²) in [5.74, 6) is -2.52. The molecule has 0 aliphatic carbocycles. The third kappa shape index (κ3) is 5.23. The maximum atomic E-state index is 14.0. The number of thioether (sulfide) groups is 1. The van der Waals surface area contributed by atoms with Gasteiger partial charge in [-0.3, -0.25) is 4.79 Å². The fraction of sp³-hybridized carbons (Fsp3) is 0.333. The van der Waals surface area contributed by atoms with E-state index in [1.54, 1.807) is 38.1 Å². The van der Waals surface area contributed by atoms with Gasteiger partial charge < -0.3 is 15.3 Å². The van der Waals surface area contributed by atoms with Crippen molar-refractivity contribution in [1.82, 2.24) is 5.32 Å². The van der Waals surface area contributed by atoms with E-state index >= 15 is 0 Å². The molecule has 1 aliphatic heterocycles. The molecule has 0 aromatic heterocycles. The van der Waals surface area contributed by atoms with Crippen molar-refractivity contribution in [1.29, 1.82) is 0 Å². The number of hydrogen-bond donors (Lipinski definition) is 2. The van der Waals surface area contributed by atoms with Crippen molar-refractivity contribution < 1.29 is 23.5 Å². The monoisotopic (exact) mass is 454 g/mol. The van der Waals surface area contributed by atoms with Crippen LogP contribution in [0.2, 0.25) is 5.02 Å². The topological polar surface area (TPSA) is 69.6 Å². The van der Waals surface area contributed by atoms with Gasteiger partial charge in [-0.05, 0) is 44.0 Å². The maximum absolute atomic E-state index is 14.0. The zero-order valence-electron chi connectivity index (χ0n) is 16.4. The van der Waals surface area contributed by atoms with Crippen molar-refractivity contribution in [3.63, 3.8) is 0 Å². The lowest BCUT2D eigenvalue weighted by Crippen LogP contribution is -2.47. The standard InChI is InChI=1S/C21H21ClF2N2O3S/c1-21(2,25-20(28)29)9-13-11-30-18-8-16(24)15(23)7-17(18)26(19(13)27)10-12-3-5-14(22)6-4-12/h3-8,13,25H,9-11H2,1-2H3,(H,28,29)/t13-/m0/s1. The Balaban J connectivity index is 1.97. The first-order valence-electron chi connectivity index (χ1n) is 9.24. The van der Waals surface area contributed by atoms with Gasteiger partial charge in [0.1, 0.15) is 0 Å². The highest BCUT2D eigenvalue weighted by atomic mass is 35.5. The van der Waals surface area contributed by atoms with Crippen molar-refractivity contribution in [2.24, 2.45) is 5.92 Å². The number of fused-ring (bicyclic) bond motifs is 1. The van der Waals surface area contributed by atoms with Crippen LogP contribution in [0.5, 0.6) is 0 Å². The number of amides is 2. The van der Waals surface area contributed by atoms with E-state index in [0.29, 0.717) is 21.4 Å². The van der Waals surface area contributed by atoms with Gasteiger partial charge in [0.15, 0.2) is 11.6 Å². The summed E-state index contributed by atoms with van der Waals surface area (Å²) in [6.07, 6.45) is -0.944. The first-order valence-corrected chi connectivity index (χ1v) is 10.6. The Hall–Kier alpha value is -2.32. The molecular formula is C21H21ClF2N2O3S. The van der Waals surface area contributed by atoms with Crippen molar-refractivity contribution in [3.8, 4) is 0 Å². The highest BCUT2D eigenvalue weighted by Crippen LogP contribution is 2.40. The molecular weight excluding hydrogens is 434 g/mol. The van der Waals surface area contributed by atoms with Crippen LogP contribution < -0.4 is 10.2 Å². The van der Waals surface area contributed by atoms with E-state index < -0.39 is 29.2 Å². The lowest BCUT2D eigenvalue weighted by Gasteiger charge is -2.31. The number of halogens is 3. The Morgan fingerprint density at radius 2 is 1.90 bits per heavy atom. The minimum absolute atomic E-state index is 0.151. The first kappa shape index (κ1) is 22.4. The second kappa shape index (κ2) is 8.81. The fourth-order valence-corrected chi connectivity index (χ4v) is 4.75. The van der Waals surface area contributed by atoms with Crippen molar-refractivity contribution in [2.75, 3.05) is 10.7 Å². The minimum Gasteiger partial charge on any atom is -0.465 e. The summed E-state index contributed by atoms with van der Waals surface area (Å²) >= 11 is 7.19. The number of rotatable bonds is 5. The molecule has 1 heterocycles. The van der Waals surface area contributed by atoms with Gasteiger partial charge in [0, 0.05) is 27.3 Å². The SMILES string of the molecule is CC(C)(C[C@H]1CSc2cc(F)c(F)cc2N(Cc2ccc(Cl)cc2)C1=O)NC(=O)O. The van der Waals surface area contributed by atoms with E-state index in [1.807, 2.05) is 0 Å². The molecule has 3 rings (SSSR count). The second-order valence-corrected chi connectivity index (χ2v) is 9.31. The zero-order valence-corrected chi connectivity index (χ0v) is 18.0. The number of anilines is 1. The Kier molecular flexibility index (Phi) is 6.57. The smallest absolute Gasteiger partial charge is 0.405 e. The van der Waals surface area contributed by atoms with Crippen LogP contribution in [-0.4, -0.2) is 28.4 Å². The summed E-state index contributed by atoms with van der Waals surface area (Å²) < 4.78 is 27.9. The van der Waals surface area contributed by atoms with Crippen molar-refractivity contribution in [2.45, 2.75) is 37.2 Å². The summed E-state index contributed by atoms with van der Waals surface area (Å²) in [6, 6.07) is 9.04. The van der Waals surface area contributed by atoms with Gasteiger partial charge in [-0.1, -0.05) is 23.7 Å². The van der Waals surface area contributed by atoms with Crippen molar-refractivity contribution in [3.05, 3.63) is 58.6 Å². The van der Waals surface area contributed by atoms with Gasteiger partial charge in [-0.2, -0.15) is 0 Å². The third-order valence-corrected chi connectivity index (χ3v) is 6.26. The predicted molar refractivity (Wildman–Crippen MR) is 113 cm³/mol. The lowest BCUT2D eigenvalue weighted by molar-refractivity contribution is -0.122. The van der Waals surface area contributed by atoms with Crippen LogP contribution in [0.1, 0.15) is 25.8 Å². The fourth-order valence-electron chi connectivity index (χ4n) is 3.48. The number of hydrogen-bond acceptors (Lipinski definition) is 3. The van der Waals surface area contributed by atoms with E-state index in [2.05, 4.69) is 5.32 Å². The van der Waals surface area contributed by atoms with Crippen LogP contribution in [0.3, 0.4) is 0 Å². The molecule has 0 saturated carbocycles. The summed E-state index contributed by atoms with van der Waals surface area (Å²) in [7, 11) is 0. The van der Waals surface area contributed by atoms with Gasteiger partial charge in [0.05, 0.1) is 18.2 Å². The molecule has 2 aromatic rings. The van der Waals surface area contributed by atoms with Crippen molar-refractivity contribution >= 4 is 41.1 Å². The number of nitrogens with zero attached hydrogens (tertiary/aromatic N) is 1. The number of carbonyl (C=O) groups is 2. The number of benzene rings is 2. The quantitative estimate of drug-likeness (QED) is 0.642. The van der Waals surface area contributed by atoms with Gasteiger partial charge in [0.25, 0.3) is 0 Å². The molecule has 2 N–H and O–H groups in total. The largest absolute Gasteiger partial charge is 0.465 e. The van der Waals surface area contributed by atoms with Gasteiger partial charge in [-0.25, -0.2) is 13.6 Å². The molecule has 0 unspecified atom stereocenters. The van der Waals surface area contributed by atoms with E-state index in [0.717, 1.165) is 17.7 Å². The average molecular weight is 455 g/mol. The lowest BCUT2D eigenvalue weighted by atomic mass is 9.90. The second-order valence-electron chi connectivity index (χ2n) is 7.81. The molecule has 1 aliphatic rings. The molecule has 1 atom stereocenters. The maximum Gasteiger partial charge on any atom is 0.405 e. The Bertz CT molecular complexity index is 969.